The molecule has 1 N–H and O–H groups in total. The lowest BCUT2D eigenvalue weighted by Crippen LogP contribution is -2.19. The molecule has 0 saturated carbocycles. The first-order valence-electron chi connectivity index (χ1n) is 7.70. The molecule has 0 amide bonds. The Morgan fingerprint density at radius 2 is 1.86 bits per heavy atom. The lowest BCUT2D eigenvalue weighted by atomic mass is 10.1. The van der Waals surface area contributed by atoms with E-state index in [-0.39, 0.29) is 0 Å². The summed E-state index contributed by atoms with van der Waals surface area (Å²) in [5, 5.41) is 3.53. The van der Waals surface area contributed by atoms with E-state index in [1.54, 1.807) is 0 Å². The van der Waals surface area contributed by atoms with Gasteiger partial charge in [-0.2, -0.15) is 0 Å². The second-order valence-electron chi connectivity index (χ2n) is 5.52. The quantitative estimate of drug-likeness (QED) is 0.692. The van der Waals surface area contributed by atoms with Gasteiger partial charge in [-0.15, -0.1) is 11.8 Å². The Balaban J connectivity index is 1.90. The average Bonchev–Trinajstić information content (AvgIpc) is 2.51. The summed E-state index contributed by atoms with van der Waals surface area (Å²) in [6.07, 6.45) is 1.18. The Morgan fingerprint density at radius 3 is 2.52 bits per heavy atom. The molecule has 0 aromatic heterocycles. The molecule has 0 aliphatic heterocycles. The van der Waals surface area contributed by atoms with E-state index in [1.807, 2.05) is 11.8 Å². The topological polar surface area (TPSA) is 12.0 Å². The van der Waals surface area contributed by atoms with Crippen LogP contribution >= 0.6 is 11.8 Å². The van der Waals surface area contributed by atoms with E-state index in [0.29, 0.717) is 6.04 Å². The van der Waals surface area contributed by atoms with E-state index in [1.165, 1.54) is 28.0 Å². The molecule has 1 nitrogen and oxygen atoms in total. The van der Waals surface area contributed by atoms with E-state index >= 15 is 0 Å². The van der Waals surface area contributed by atoms with Crippen molar-refractivity contribution in [1.29, 1.82) is 0 Å². The van der Waals surface area contributed by atoms with Crippen LogP contribution in [0.4, 0.5) is 0 Å². The fourth-order valence-corrected chi connectivity index (χ4v) is 3.14. The van der Waals surface area contributed by atoms with Crippen molar-refractivity contribution in [2.45, 2.75) is 43.9 Å². The van der Waals surface area contributed by atoms with Crippen LogP contribution in [0.15, 0.2) is 53.4 Å². The third-order valence-corrected chi connectivity index (χ3v) is 4.65. The molecule has 0 aliphatic carbocycles. The maximum Gasteiger partial charge on any atom is 0.0291 e. The fraction of sp³-hybridized carbons (Fsp3) is 0.368. The minimum atomic E-state index is 0.431. The van der Waals surface area contributed by atoms with Crippen LogP contribution < -0.4 is 5.32 Å². The van der Waals surface area contributed by atoms with Crippen molar-refractivity contribution in [3.63, 3.8) is 0 Å². The fourth-order valence-electron chi connectivity index (χ4n) is 2.30. The minimum Gasteiger partial charge on any atom is -0.310 e. The molecule has 0 fully saturated rings. The number of hydrogen-bond acceptors (Lipinski definition) is 2. The van der Waals surface area contributed by atoms with Crippen molar-refractivity contribution < 1.29 is 0 Å². The largest absolute Gasteiger partial charge is 0.310 e. The number of rotatable bonds is 7. The summed E-state index contributed by atoms with van der Waals surface area (Å²) in [5.41, 5.74) is 4.09. The van der Waals surface area contributed by atoms with Crippen molar-refractivity contribution in [3.8, 4) is 0 Å². The Bertz CT molecular complexity index is 548. The van der Waals surface area contributed by atoms with Gasteiger partial charge in [-0.05, 0) is 50.1 Å². The van der Waals surface area contributed by atoms with E-state index in [9.17, 15) is 0 Å². The van der Waals surface area contributed by atoms with Gasteiger partial charge in [0.1, 0.15) is 0 Å². The van der Waals surface area contributed by atoms with Gasteiger partial charge in [-0.1, -0.05) is 48.9 Å². The first kappa shape index (κ1) is 16.1. The van der Waals surface area contributed by atoms with Gasteiger partial charge in [-0.3, -0.25) is 0 Å². The predicted molar refractivity (Wildman–Crippen MR) is 93.9 cm³/mol. The third-order valence-electron chi connectivity index (χ3n) is 3.57. The van der Waals surface area contributed by atoms with Crippen LogP contribution in [0, 0.1) is 6.92 Å². The smallest absolute Gasteiger partial charge is 0.0291 e. The molecule has 0 radical (unpaired) electrons. The third kappa shape index (κ3) is 5.22. The molecule has 0 spiro atoms. The molecular weight excluding hydrogens is 274 g/mol. The second-order valence-corrected chi connectivity index (χ2v) is 6.57. The van der Waals surface area contributed by atoms with Gasteiger partial charge in [0.15, 0.2) is 0 Å². The highest BCUT2D eigenvalue weighted by molar-refractivity contribution is 7.98. The molecule has 2 aromatic rings. The number of benzene rings is 2. The molecule has 0 aliphatic rings. The highest BCUT2D eigenvalue weighted by atomic mass is 32.2. The molecule has 0 bridgehead atoms. The first-order valence-corrected chi connectivity index (χ1v) is 8.69. The van der Waals surface area contributed by atoms with Crippen LogP contribution in [-0.2, 0) is 5.75 Å². The summed E-state index contributed by atoms with van der Waals surface area (Å²) in [4.78, 5) is 1.34. The Morgan fingerprint density at radius 1 is 1.10 bits per heavy atom. The van der Waals surface area contributed by atoms with E-state index in [4.69, 9.17) is 0 Å². The van der Waals surface area contributed by atoms with Crippen LogP contribution in [0.5, 0.6) is 0 Å². The van der Waals surface area contributed by atoms with Gasteiger partial charge < -0.3 is 5.32 Å². The summed E-state index contributed by atoms with van der Waals surface area (Å²) < 4.78 is 0. The van der Waals surface area contributed by atoms with Gasteiger partial charge in [0.05, 0.1) is 0 Å². The monoisotopic (exact) mass is 299 g/mol. The van der Waals surface area contributed by atoms with Crippen LogP contribution in [0.3, 0.4) is 0 Å². The molecule has 2 aromatic carbocycles. The normalized spacial score (nSPS) is 12.3. The molecular formula is C19H25NS. The van der Waals surface area contributed by atoms with E-state index in [0.717, 1.165) is 12.3 Å². The molecule has 21 heavy (non-hydrogen) atoms. The van der Waals surface area contributed by atoms with Gasteiger partial charge in [-0.25, -0.2) is 0 Å². The molecule has 1 atom stereocenters. The minimum absolute atomic E-state index is 0.431. The lowest BCUT2D eigenvalue weighted by Gasteiger charge is -2.14. The zero-order chi connectivity index (χ0) is 15.1. The van der Waals surface area contributed by atoms with Crippen molar-refractivity contribution >= 4 is 11.8 Å². The van der Waals surface area contributed by atoms with Crippen LogP contribution in [0.2, 0.25) is 0 Å². The van der Waals surface area contributed by atoms with Crippen molar-refractivity contribution in [1.82, 2.24) is 5.32 Å². The van der Waals surface area contributed by atoms with Gasteiger partial charge in [0.25, 0.3) is 0 Å². The maximum atomic E-state index is 3.53. The molecule has 2 heteroatoms. The molecule has 1 unspecified atom stereocenters. The Hall–Kier alpha value is -1.25. The highest BCUT2D eigenvalue weighted by Gasteiger charge is 2.04. The second kappa shape index (κ2) is 8.26. The number of thioether (sulfide) groups is 1. The zero-order valence-electron chi connectivity index (χ0n) is 13.2. The van der Waals surface area contributed by atoms with E-state index < -0.39 is 0 Å². The molecule has 0 heterocycles. The average molecular weight is 299 g/mol. The SMILES string of the molecule is CCCNC(C)c1ccc(SCc2cccc(C)c2)cc1. The number of hydrogen-bond donors (Lipinski definition) is 1. The maximum absolute atomic E-state index is 3.53. The van der Waals surface area contributed by atoms with E-state index in [2.05, 4.69) is 74.6 Å². The van der Waals surface area contributed by atoms with Crippen LogP contribution in [-0.4, -0.2) is 6.54 Å². The Labute approximate surface area is 133 Å². The van der Waals surface area contributed by atoms with Gasteiger partial charge >= 0.3 is 0 Å². The zero-order valence-corrected chi connectivity index (χ0v) is 14.0. The first-order chi connectivity index (χ1) is 10.2. The highest BCUT2D eigenvalue weighted by Crippen LogP contribution is 2.24. The Kier molecular flexibility index (Phi) is 6.34. The molecule has 112 valence electrons. The summed E-state index contributed by atoms with van der Waals surface area (Å²) in [6, 6.07) is 18.1. The predicted octanol–water partition coefficient (Wildman–Crippen LogP) is 5.35. The van der Waals surface area contributed by atoms with Crippen molar-refractivity contribution in [2.75, 3.05) is 6.54 Å². The summed E-state index contributed by atoms with van der Waals surface area (Å²) in [6.45, 7) is 7.65. The van der Waals surface area contributed by atoms with Crippen molar-refractivity contribution in [2.24, 2.45) is 0 Å². The summed E-state index contributed by atoms with van der Waals surface area (Å²) in [5.74, 6) is 1.03. The summed E-state index contributed by atoms with van der Waals surface area (Å²) >= 11 is 1.90. The summed E-state index contributed by atoms with van der Waals surface area (Å²) in [7, 11) is 0. The molecule has 0 saturated heterocycles. The van der Waals surface area contributed by atoms with Crippen LogP contribution in [0.25, 0.3) is 0 Å². The van der Waals surface area contributed by atoms with Crippen LogP contribution in [0.1, 0.15) is 43.0 Å². The van der Waals surface area contributed by atoms with Gasteiger partial charge in [0, 0.05) is 16.7 Å². The number of nitrogens with one attached hydrogen (secondary N) is 1. The number of aryl methyl sites for hydroxylation is 1. The lowest BCUT2D eigenvalue weighted by molar-refractivity contribution is 0.570. The van der Waals surface area contributed by atoms with Crippen molar-refractivity contribution in [3.05, 3.63) is 65.2 Å². The standard InChI is InChI=1S/C19H25NS/c1-4-12-20-16(3)18-8-10-19(11-9-18)21-14-17-7-5-6-15(2)13-17/h5-11,13,16,20H,4,12,14H2,1-3H3. The molecule has 2 rings (SSSR count). The van der Waals surface area contributed by atoms with Gasteiger partial charge in [0.2, 0.25) is 0 Å².